The largest absolute Gasteiger partial charge is 0.490 e. The molecule has 0 aliphatic carbocycles. The number of carboxylic acid groups (broad SMARTS) is 1. The van der Waals surface area contributed by atoms with E-state index in [1.165, 1.54) is 6.20 Å². The number of alkyl halides is 3. The van der Waals surface area contributed by atoms with Gasteiger partial charge in [0.1, 0.15) is 11.8 Å². The molecular formula is C23H31F3N4O5. The number of unbranched alkanes of at least 4 members (excludes halogenated alkanes) is 1. The second-order valence-electron chi connectivity index (χ2n) is 8.17. The number of aromatic nitrogens is 1. The van der Waals surface area contributed by atoms with Crippen molar-refractivity contribution in [3.05, 3.63) is 36.5 Å². The highest BCUT2D eigenvalue weighted by atomic mass is 19.4. The lowest BCUT2D eigenvalue weighted by Crippen LogP contribution is -2.50. The van der Waals surface area contributed by atoms with Gasteiger partial charge < -0.3 is 26.6 Å². The number of nitrogens with zero attached hydrogens (tertiary/aromatic N) is 1. The Morgan fingerprint density at radius 1 is 1.17 bits per heavy atom. The number of carbonyl (C=O) groups is 3. The number of nitrogens with two attached hydrogens (primary N) is 2. The third-order valence-corrected chi connectivity index (χ3v) is 4.64. The Morgan fingerprint density at radius 2 is 1.80 bits per heavy atom. The van der Waals surface area contributed by atoms with Crippen molar-refractivity contribution in [2.75, 3.05) is 6.54 Å². The Labute approximate surface area is 201 Å². The van der Waals surface area contributed by atoms with E-state index < -0.39 is 30.2 Å². The van der Waals surface area contributed by atoms with Crippen LogP contribution in [-0.4, -0.2) is 52.7 Å². The minimum absolute atomic E-state index is 0.195. The van der Waals surface area contributed by atoms with Gasteiger partial charge in [-0.15, -0.1) is 0 Å². The molecule has 1 aromatic heterocycles. The fourth-order valence-corrected chi connectivity index (χ4v) is 2.90. The van der Waals surface area contributed by atoms with Crippen LogP contribution < -0.4 is 21.5 Å². The predicted octanol–water partition coefficient (Wildman–Crippen LogP) is 2.76. The molecule has 2 atom stereocenters. The zero-order valence-corrected chi connectivity index (χ0v) is 19.5. The molecule has 12 heteroatoms. The number of rotatable bonds is 10. The highest BCUT2D eigenvalue weighted by Crippen LogP contribution is 2.19. The molecule has 0 bridgehead atoms. The number of hydrogen-bond acceptors (Lipinski definition) is 7. The number of carbonyl (C=O) groups excluding carboxylic acids is 2. The number of carboxylic acids is 1. The van der Waals surface area contributed by atoms with E-state index in [4.69, 9.17) is 26.1 Å². The number of pyridine rings is 1. The van der Waals surface area contributed by atoms with E-state index in [-0.39, 0.29) is 11.8 Å². The molecule has 194 valence electrons. The molecular weight excluding hydrogens is 469 g/mol. The number of halogens is 3. The van der Waals surface area contributed by atoms with E-state index >= 15 is 0 Å². The van der Waals surface area contributed by atoms with Crippen molar-refractivity contribution >= 4 is 28.7 Å². The molecule has 0 saturated heterocycles. The van der Waals surface area contributed by atoms with E-state index in [2.05, 4.69) is 10.3 Å². The van der Waals surface area contributed by atoms with E-state index in [0.29, 0.717) is 25.1 Å². The Bertz CT molecular complexity index is 985. The van der Waals surface area contributed by atoms with Crippen LogP contribution in [0.2, 0.25) is 0 Å². The van der Waals surface area contributed by atoms with Crippen LogP contribution in [0.3, 0.4) is 0 Å². The van der Waals surface area contributed by atoms with Gasteiger partial charge in [0.05, 0.1) is 17.8 Å². The average molecular weight is 501 g/mol. The highest BCUT2D eigenvalue weighted by Gasteiger charge is 2.38. The summed E-state index contributed by atoms with van der Waals surface area (Å²) in [6.45, 7) is 4.52. The summed E-state index contributed by atoms with van der Waals surface area (Å²) in [6.07, 6.45) is -1.00. The van der Waals surface area contributed by atoms with Crippen molar-refractivity contribution < 1.29 is 37.4 Å². The normalized spacial score (nSPS) is 12.9. The van der Waals surface area contributed by atoms with Gasteiger partial charge in [-0.05, 0) is 43.9 Å². The van der Waals surface area contributed by atoms with Crippen LogP contribution in [-0.2, 0) is 14.4 Å². The molecule has 2 aromatic rings. The van der Waals surface area contributed by atoms with Gasteiger partial charge in [-0.3, -0.25) is 9.78 Å². The number of hydrogen-bond donors (Lipinski definition) is 4. The molecule has 9 nitrogen and oxygen atoms in total. The lowest BCUT2D eigenvalue weighted by molar-refractivity contribution is -0.192. The number of fused-ring (bicyclic) bond motifs is 1. The molecule has 0 unspecified atom stereocenters. The number of benzene rings is 1. The van der Waals surface area contributed by atoms with Crippen molar-refractivity contribution in [1.29, 1.82) is 0 Å². The number of esters is 1. The number of ether oxygens (including phenoxy) is 1. The summed E-state index contributed by atoms with van der Waals surface area (Å²) in [5, 5.41) is 10.7. The number of aliphatic carboxylic acids is 1. The maximum atomic E-state index is 12.7. The summed E-state index contributed by atoms with van der Waals surface area (Å²) in [5.41, 5.74) is 12.2. The van der Waals surface area contributed by atoms with Crippen molar-refractivity contribution in [3.8, 4) is 5.75 Å². The topological polar surface area (TPSA) is 158 Å². The molecule has 0 aliphatic heterocycles. The van der Waals surface area contributed by atoms with Crippen LogP contribution in [0.25, 0.3) is 10.9 Å². The van der Waals surface area contributed by atoms with Crippen LogP contribution in [0.4, 0.5) is 13.2 Å². The Kier molecular flexibility index (Phi) is 12.1. The molecule has 2 rings (SSSR count). The van der Waals surface area contributed by atoms with Crippen molar-refractivity contribution in [2.45, 2.75) is 57.8 Å². The van der Waals surface area contributed by atoms with Crippen LogP contribution in [0.5, 0.6) is 5.75 Å². The summed E-state index contributed by atoms with van der Waals surface area (Å²) in [5.74, 6) is -3.09. The quantitative estimate of drug-likeness (QED) is 0.286. The summed E-state index contributed by atoms with van der Waals surface area (Å²) < 4.78 is 37.2. The smallest absolute Gasteiger partial charge is 0.475 e. The number of nitrogens with one attached hydrogen (secondary N) is 1. The van der Waals surface area contributed by atoms with Crippen LogP contribution in [0.1, 0.15) is 39.5 Å². The van der Waals surface area contributed by atoms with E-state index in [9.17, 15) is 22.8 Å². The van der Waals surface area contributed by atoms with Gasteiger partial charge in [0.15, 0.2) is 0 Å². The average Bonchev–Trinajstić information content (AvgIpc) is 2.78. The van der Waals surface area contributed by atoms with Crippen molar-refractivity contribution in [2.24, 2.45) is 17.4 Å². The first-order valence-corrected chi connectivity index (χ1v) is 11.0. The van der Waals surface area contributed by atoms with E-state index in [1.54, 1.807) is 6.07 Å². The van der Waals surface area contributed by atoms with Crippen molar-refractivity contribution in [1.82, 2.24) is 10.3 Å². The molecule has 6 N–H and O–H groups in total. The van der Waals surface area contributed by atoms with Gasteiger partial charge in [-0.25, -0.2) is 9.59 Å². The molecule has 1 aromatic carbocycles. The second-order valence-corrected chi connectivity index (χ2v) is 8.17. The SMILES string of the molecule is CC(C)C[C@@H](NC(=O)[C@H](N)CCCCN)C(=O)Oc1cnc2ccccc2c1.O=C(O)C(F)(F)F. The standard InChI is InChI=1S/C21H30N4O3.C2HF3O2/c1-14(2)11-19(25-20(26)17(23)8-5-6-10-22)21(27)28-16-12-15-7-3-4-9-18(15)24-13-16;3-2(4,5)1(6)7/h3-4,7,9,12-14,17,19H,5-6,8,10-11,22-23H2,1-2H3,(H,25,26);(H,6,7)/t17-,19-;/m1./s1. The van der Waals surface area contributed by atoms with Gasteiger partial charge in [0.25, 0.3) is 0 Å². The minimum Gasteiger partial charge on any atom is -0.475 e. The van der Waals surface area contributed by atoms with E-state index in [0.717, 1.165) is 23.7 Å². The maximum absolute atomic E-state index is 12.7. The summed E-state index contributed by atoms with van der Waals surface area (Å²) in [4.78, 5) is 38.2. The maximum Gasteiger partial charge on any atom is 0.490 e. The molecule has 0 spiro atoms. The first kappa shape index (κ1) is 29.8. The Hall–Kier alpha value is -3.25. The van der Waals surface area contributed by atoms with Crippen LogP contribution >= 0.6 is 0 Å². The van der Waals surface area contributed by atoms with Gasteiger partial charge in [-0.2, -0.15) is 13.2 Å². The van der Waals surface area contributed by atoms with Gasteiger partial charge >= 0.3 is 18.1 Å². The highest BCUT2D eigenvalue weighted by molar-refractivity contribution is 5.88. The minimum atomic E-state index is -5.08. The second kappa shape index (κ2) is 14.2. The number of amides is 1. The molecule has 0 radical (unpaired) electrons. The molecule has 0 aliphatic rings. The molecule has 1 amide bonds. The summed E-state index contributed by atoms with van der Waals surface area (Å²) in [6, 6.07) is 7.89. The molecule has 35 heavy (non-hydrogen) atoms. The summed E-state index contributed by atoms with van der Waals surface area (Å²) in [7, 11) is 0. The first-order valence-electron chi connectivity index (χ1n) is 11.0. The predicted molar refractivity (Wildman–Crippen MR) is 123 cm³/mol. The fourth-order valence-electron chi connectivity index (χ4n) is 2.90. The molecule has 0 saturated carbocycles. The zero-order valence-electron chi connectivity index (χ0n) is 19.5. The third-order valence-electron chi connectivity index (χ3n) is 4.64. The van der Waals surface area contributed by atoms with Crippen LogP contribution in [0, 0.1) is 5.92 Å². The van der Waals surface area contributed by atoms with Gasteiger partial charge in [-0.1, -0.05) is 38.5 Å². The lowest BCUT2D eigenvalue weighted by atomic mass is 10.0. The third kappa shape index (κ3) is 11.1. The number of para-hydroxylation sites is 1. The molecule has 1 heterocycles. The monoisotopic (exact) mass is 500 g/mol. The van der Waals surface area contributed by atoms with Crippen molar-refractivity contribution in [3.63, 3.8) is 0 Å². The van der Waals surface area contributed by atoms with Crippen LogP contribution in [0.15, 0.2) is 36.5 Å². The molecule has 0 fully saturated rings. The fraction of sp³-hybridized carbons (Fsp3) is 0.478. The lowest BCUT2D eigenvalue weighted by Gasteiger charge is -2.21. The zero-order chi connectivity index (χ0) is 26.6. The summed E-state index contributed by atoms with van der Waals surface area (Å²) >= 11 is 0. The van der Waals surface area contributed by atoms with Gasteiger partial charge in [0, 0.05) is 5.39 Å². The Balaban J connectivity index is 0.000000762. The Morgan fingerprint density at radius 3 is 2.37 bits per heavy atom. The van der Waals surface area contributed by atoms with Gasteiger partial charge in [0.2, 0.25) is 5.91 Å². The first-order chi connectivity index (χ1) is 16.3. The van der Waals surface area contributed by atoms with E-state index in [1.807, 2.05) is 38.1 Å².